The van der Waals surface area contributed by atoms with Crippen LogP contribution in [-0.2, 0) is 13.5 Å². The van der Waals surface area contributed by atoms with E-state index in [9.17, 15) is 4.39 Å². The second-order valence-electron chi connectivity index (χ2n) is 4.83. The first-order chi connectivity index (χ1) is 9.61. The monoisotopic (exact) mass is 295 g/mol. The van der Waals surface area contributed by atoms with Crippen LogP contribution in [0, 0.1) is 5.82 Å². The van der Waals surface area contributed by atoms with Crippen LogP contribution in [0.25, 0.3) is 0 Å². The third kappa shape index (κ3) is 3.58. The Morgan fingerprint density at radius 3 is 2.85 bits per heavy atom. The van der Waals surface area contributed by atoms with Gasteiger partial charge in [-0.15, -0.1) is 0 Å². The number of aromatic nitrogens is 2. The van der Waals surface area contributed by atoms with Crippen molar-refractivity contribution in [3.8, 4) is 0 Å². The van der Waals surface area contributed by atoms with Crippen LogP contribution >= 0.6 is 11.6 Å². The molecule has 0 spiro atoms. The van der Waals surface area contributed by atoms with Gasteiger partial charge in [-0.1, -0.05) is 30.7 Å². The largest absolute Gasteiger partial charge is 0.310 e. The number of benzene rings is 1. The molecule has 0 bridgehead atoms. The third-order valence-electron chi connectivity index (χ3n) is 3.18. The molecule has 0 aliphatic heterocycles. The van der Waals surface area contributed by atoms with E-state index in [2.05, 4.69) is 17.3 Å². The summed E-state index contributed by atoms with van der Waals surface area (Å²) in [5.41, 5.74) is 1.53. The van der Waals surface area contributed by atoms with Crippen molar-refractivity contribution in [1.82, 2.24) is 15.1 Å². The molecular weight excluding hydrogens is 277 g/mol. The van der Waals surface area contributed by atoms with Crippen LogP contribution in [0.1, 0.15) is 30.6 Å². The second kappa shape index (κ2) is 6.86. The second-order valence-corrected chi connectivity index (χ2v) is 5.24. The van der Waals surface area contributed by atoms with Gasteiger partial charge in [-0.2, -0.15) is 5.10 Å². The summed E-state index contributed by atoms with van der Waals surface area (Å²) < 4.78 is 15.9. The summed E-state index contributed by atoms with van der Waals surface area (Å²) in [5.74, 6) is -0.348. The minimum Gasteiger partial charge on any atom is -0.310 e. The van der Waals surface area contributed by atoms with E-state index in [-0.39, 0.29) is 16.9 Å². The van der Waals surface area contributed by atoms with Gasteiger partial charge < -0.3 is 5.32 Å². The fourth-order valence-corrected chi connectivity index (χ4v) is 2.36. The highest BCUT2D eigenvalue weighted by Gasteiger charge is 2.18. The van der Waals surface area contributed by atoms with Crippen LogP contribution in [0.4, 0.5) is 4.39 Å². The van der Waals surface area contributed by atoms with Crippen LogP contribution in [0.15, 0.2) is 30.5 Å². The molecule has 1 heterocycles. The first-order valence-electron chi connectivity index (χ1n) is 6.77. The van der Waals surface area contributed by atoms with Gasteiger partial charge in [0.25, 0.3) is 0 Å². The van der Waals surface area contributed by atoms with Crippen molar-refractivity contribution in [1.29, 1.82) is 0 Å². The first-order valence-corrected chi connectivity index (χ1v) is 7.15. The summed E-state index contributed by atoms with van der Waals surface area (Å²) in [6.45, 7) is 2.91. The molecule has 5 heteroatoms. The lowest BCUT2D eigenvalue weighted by atomic mass is 10.0. The Balaban J connectivity index is 2.24. The Morgan fingerprint density at radius 2 is 2.20 bits per heavy atom. The number of hydrogen-bond acceptors (Lipinski definition) is 2. The highest BCUT2D eigenvalue weighted by atomic mass is 35.5. The minimum atomic E-state index is -0.348. The first kappa shape index (κ1) is 15.0. The van der Waals surface area contributed by atoms with E-state index in [1.54, 1.807) is 22.9 Å². The Kier molecular flexibility index (Phi) is 5.15. The molecule has 0 saturated carbocycles. The lowest BCUT2D eigenvalue weighted by molar-refractivity contribution is 0.491. The molecule has 0 aliphatic carbocycles. The Hall–Kier alpha value is -1.39. The van der Waals surface area contributed by atoms with Gasteiger partial charge >= 0.3 is 0 Å². The predicted octanol–water partition coefficient (Wildman–Crippen LogP) is 3.50. The number of halogens is 2. The number of nitrogens with one attached hydrogen (secondary N) is 1. The van der Waals surface area contributed by atoms with Crippen molar-refractivity contribution in [2.45, 2.75) is 25.8 Å². The molecule has 2 rings (SSSR count). The third-order valence-corrected chi connectivity index (χ3v) is 3.47. The van der Waals surface area contributed by atoms with Gasteiger partial charge in [-0.25, -0.2) is 4.39 Å². The van der Waals surface area contributed by atoms with Crippen LogP contribution < -0.4 is 5.32 Å². The standard InChI is InChI=1S/C15H19ClFN3/c1-3-8-18-14(10-11-7-9-20(2)19-11)12-5-4-6-13(16)15(12)17/h4-7,9,14,18H,3,8,10H2,1-2H3. The Bertz CT molecular complexity index is 568. The molecule has 1 unspecified atom stereocenters. The maximum absolute atomic E-state index is 14.2. The smallest absolute Gasteiger partial charge is 0.146 e. The van der Waals surface area contributed by atoms with Crippen molar-refractivity contribution < 1.29 is 4.39 Å². The molecule has 0 radical (unpaired) electrons. The van der Waals surface area contributed by atoms with Crippen molar-refractivity contribution >= 4 is 11.6 Å². The van der Waals surface area contributed by atoms with E-state index in [0.717, 1.165) is 18.7 Å². The SMILES string of the molecule is CCCNC(Cc1ccn(C)n1)c1cccc(Cl)c1F. The zero-order valence-corrected chi connectivity index (χ0v) is 12.5. The summed E-state index contributed by atoms with van der Waals surface area (Å²) in [4.78, 5) is 0. The van der Waals surface area contributed by atoms with Gasteiger partial charge in [-0.05, 0) is 25.1 Å². The predicted molar refractivity (Wildman–Crippen MR) is 79.4 cm³/mol. The number of aryl methyl sites for hydroxylation is 1. The molecule has 20 heavy (non-hydrogen) atoms. The summed E-state index contributed by atoms with van der Waals surface area (Å²) in [6.07, 6.45) is 3.51. The molecule has 2 aromatic rings. The van der Waals surface area contributed by atoms with E-state index < -0.39 is 0 Å². The molecule has 108 valence electrons. The van der Waals surface area contributed by atoms with Gasteiger partial charge in [0.15, 0.2) is 0 Å². The van der Waals surface area contributed by atoms with E-state index in [1.807, 2.05) is 19.3 Å². The fraction of sp³-hybridized carbons (Fsp3) is 0.400. The van der Waals surface area contributed by atoms with Crippen molar-refractivity contribution in [2.24, 2.45) is 7.05 Å². The summed E-state index contributed by atoms with van der Waals surface area (Å²) in [6, 6.07) is 6.95. The van der Waals surface area contributed by atoms with Crippen LogP contribution in [0.2, 0.25) is 5.02 Å². The summed E-state index contributed by atoms with van der Waals surface area (Å²) in [5, 5.41) is 7.88. The van der Waals surface area contributed by atoms with Gasteiger partial charge in [0, 0.05) is 31.3 Å². The average molecular weight is 296 g/mol. The Labute approximate surface area is 123 Å². The van der Waals surface area contributed by atoms with Crippen LogP contribution in [-0.4, -0.2) is 16.3 Å². The summed E-state index contributed by atoms with van der Waals surface area (Å²) >= 11 is 5.88. The topological polar surface area (TPSA) is 29.9 Å². The fourth-order valence-electron chi connectivity index (χ4n) is 2.18. The van der Waals surface area contributed by atoms with Gasteiger partial charge in [0.1, 0.15) is 5.82 Å². The lowest BCUT2D eigenvalue weighted by Gasteiger charge is -2.19. The molecule has 1 atom stereocenters. The molecular formula is C15H19ClFN3. The van der Waals surface area contributed by atoms with Gasteiger partial charge in [0.05, 0.1) is 10.7 Å². The molecule has 0 amide bonds. The molecule has 0 fully saturated rings. The minimum absolute atomic E-state index is 0.122. The van der Waals surface area contributed by atoms with Gasteiger partial charge in [0.2, 0.25) is 0 Å². The Morgan fingerprint density at radius 1 is 1.40 bits per heavy atom. The number of hydrogen-bond donors (Lipinski definition) is 1. The van der Waals surface area contributed by atoms with E-state index in [0.29, 0.717) is 12.0 Å². The van der Waals surface area contributed by atoms with E-state index >= 15 is 0 Å². The zero-order valence-electron chi connectivity index (χ0n) is 11.7. The zero-order chi connectivity index (χ0) is 14.5. The average Bonchev–Trinajstić information content (AvgIpc) is 2.83. The highest BCUT2D eigenvalue weighted by molar-refractivity contribution is 6.30. The molecule has 1 aromatic carbocycles. The van der Waals surface area contributed by atoms with Crippen molar-refractivity contribution in [3.05, 3.63) is 52.6 Å². The van der Waals surface area contributed by atoms with E-state index in [1.165, 1.54) is 0 Å². The highest BCUT2D eigenvalue weighted by Crippen LogP contribution is 2.25. The number of rotatable bonds is 6. The molecule has 1 N–H and O–H groups in total. The van der Waals surface area contributed by atoms with Crippen molar-refractivity contribution in [3.63, 3.8) is 0 Å². The maximum atomic E-state index is 14.2. The van der Waals surface area contributed by atoms with Crippen molar-refractivity contribution in [2.75, 3.05) is 6.54 Å². The quantitative estimate of drug-likeness (QED) is 0.884. The lowest BCUT2D eigenvalue weighted by Crippen LogP contribution is -2.25. The molecule has 0 saturated heterocycles. The van der Waals surface area contributed by atoms with Gasteiger partial charge in [-0.3, -0.25) is 4.68 Å². The van der Waals surface area contributed by atoms with E-state index in [4.69, 9.17) is 11.6 Å². The number of nitrogens with zero attached hydrogens (tertiary/aromatic N) is 2. The molecule has 1 aromatic heterocycles. The molecule has 3 nitrogen and oxygen atoms in total. The maximum Gasteiger partial charge on any atom is 0.146 e. The van der Waals surface area contributed by atoms with Crippen LogP contribution in [0.5, 0.6) is 0 Å². The molecule has 0 aliphatic rings. The van der Waals surface area contributed by atoms with Crippen LogP contribution in [0.3, 0.4) is 0 Å². The normalized spacial score (nSPS) is 12.6. The summed E-state index contributed by atoms with van der Waals surface area (Å²) in [7, 11) is 1.87.